The molecular formula is C18H17N3O2S. The molecule has 0 aliphatic heterocycles. The number of ether oxygens (including phenoxy) is 1. The zero-order valence-corrected chi connectivity index (χ0v) is 13.8. The van der Waals surface area contributed by atoms with Gasteiger partial charge in [0.15, 0.2) is 0 Å². The quantitative estimate of drug-likeness (QED) is 0.672. The molecule has 1 amide bonds. The Morgan fingerprint density at radius 2 is 1.96 bits per heavy atom. The van der Waals surface area contributed by atoms with Gasteiger partial charge in [-0.2, -0.15) is 0 Å². The molecule has 0 aliphatic carbocycles. The molecule has 0 aliphatic rings. The van der Waals surface area contributed by atoms with Crippen molar-refractivity contribution in [1.29, 1.82) is 0 Å². The molecule has 5 nitrogen and oxygen atoms in total. The molecule has 0 saturated heterocycles. The van der Waals surface area contributed by atoms with Crippen LogP contribution >= 0.6 is 11.3 Å². The van der Waals surface area contributed by atoms with Gasteiger partial charge in [-0.05, 0) is 24.3 Å². The Balaban J connectivity index is 1.43. The van der Waals surface area contributed by atoms with Crippen LogP contribution in [0.2, 0.25) is 0 Å². The number of rotatable bonds is 7. The number of hydrogen-bond donors (Lipinski definition) is 1. The van der Waals surface area contributed by atoms with Crippen LogP contribution in [0.25, 0.3) is 10.7 Å². The SMILES string of the molecule is O=C(Cc1csc(-c2ccccn2)n1)NCCOc1ccccc1. The monoisotopic (exact) mass is 339 g/mol. The molecule has 0 bridgehead atoms. The summed E-state index contributed by atoms with van der Waals surface area (Å²) in [5, 5.41) is 5.55. The van der Waals surface area contributed by atoms with E-state index >= 15 is 0 Å². The molecule has 2 heterocycles. The highest BCUT2D eigenvalue weighted by atomic mass is 32.1. The van der Waals surface area contributed by atoms with Gasteiger partial charge in [-0.1, -0.05) is 24.3 Å². The number of carbonyl (C=O) groups is 1. The molecule has 0 fully saturated rings. The first-order chi connectivity index (χ1) is 11.8. The smallest absolute Gasteiger partial charge is 0.226 e. The maximum atomic E-state index is 12.0. The lowest BCUT2D eigenvalue weighted by molar-refractivity contribution is -0.120. The zero-order chi connectivity index (χ0) is 16.6. The van der Waals surface area contributed by atoms with Crippen LogP contribution in [0.3, 0.4) is 0 Å². The number of para-hydroxylation sites is 1. The van der Waals surface area contributed by atoms with Crippen molar-refractivity contribution in [3.63, 3.8) is 0 Å². The van der Waals surface area contributed by atoms with Gasteiger partial charge in [-0.3, -0.25) is 9.78 Å². The van der Waals surface area contributed by atoms with Crippen molar-refractivity contribution in [3.05, 3.63) is 65.8 Å². The van der Waals surface area contributed by atoms with E-state index in [0.29, 0.717) is 13.2 Å². The van der Waals surface area contributed by atoms with E-state index in [2.05, 4.69) is 15.3 Å². The second-order valence-corrected chi connectivity index (χ2v) is 5.91. The molecule has 3 rings (SSSR count). The average molecular weight is 339 g/mol. The van der Waals surface area contributed by atoms with E-state index in [4.69, 9.17) is 4.74 Å². The molecule has 2 aromatic heterocycles. The Bertz CT molecular complexity index is 775. The third-order valence-electron chi connectivity index (χ3n) is 3.21. The number of nitrogens with one attached hydrogen (secondary N) is 1. The normalized spacial score (nSPS) is 10.3. The van der Waals surface area contributed by atoms with Crippen molar-refractivity contribution in [1.82, 2.24) is 15.3 Å². The zero-order valence-electron chi connectivity index (χ0n) is 13.0. The lowest BCUT2D eigenvalue weighted by Gasteiger charge is -2.07. The third-order valence-corrected chi connectivity index (χ3v) is 4.13. The number of amides is 1. The minimum absolute atomic E-state index is 0.0652. The van der Waals surface area contributed by atoms with Crippen molar-refractivity contribution in [2.75, 3.05) is 13.2 Å². The first-order valence-electron chi connectivity index (χ1n) is 7.61. The molecule has 1 N–H and O–H groups in total. The second kappa shape index (κ2) is 8.21. The fourth-order valence-electron chi connectivity index (χ4n) is 2.10. The molecule has 3 aromatic rings. The molecule has 0 saturated carbocycles. The van der Waals surface area contributed by atoms with Gasteiger partial charge in [-0.15, -0.1) is 11.3 Å². The molecule has 0 unspecified atom stereocenters. The van der Waals surface area contributed by atoms with Gasteiger partial charge in [-0.25, -0.2) is 4.98 Å². The summed E-state index contributed by atoms with van der Waals surface area (Å²) in [6, 6.07) is 15.2. The van der Waals surface area contributed by atoms with Crippen LogP contribution in [0.1, 0.15) is 5.69 Å². The van der Waals surface area contributed by atoms with Crippen LogP contribution in [0, 0.1) is 0 Å². The van der Waals surface area contributed by atoms with Crippen molar-refractivity contribution in [3.8, 4) is 16.5 Å². The van der Waals surface area contributed by atoms with Crippen LogP contribution < -0.4 is 10.1 Å². The van der Waals surface area contributed by atoms with E-state index in [1.807, 2.05) is 53.9 Å². The largest absolute Gasteiger partial charge is 0.492 e. The van der Waals surface area contributed by atoms with E-state index in [0.717, 1.165) is 22.1 Å². The van der Waals surface area contributed by atoms with Crippen LogP contribution in [-0.2, 0) is 11.2 Å². The number of hydrogen-bond acceptors (Lipinski definition) is 5. The first kappa shape index (κ1) is 16.1. The first-order valence-corrected chi connectivity index (χ1v) is 8.49. The summed E-state index contributed by atoms with van der Waals surface area (Å²) >= 11 is 1.49. The maximum absolute atomic E-state index is 12.0. The molecule has 0 radical (unpaired) electrons. The lowest BCUT2D eigenvalue weighted by atomic mass is 10.3. The van der Waals surface area contributed by atoms with Crippen LogP contribution in [-0.4, -0.2) is 29.0 Å². The number of pyridine rings is 1. The molecule has 24 heavy (non-hydrogen) atoms. The number of carbonyl (C=O) groups excluding carboxylic acids is 1. The van der Waals surface area contributed by atoms with E-state index < -0.39 is 0 Å². The van der Waals surface area contributed by atoms with Gasteiger partial charge in [0.25, 0.3) is 0 Å². The fourth-order valence-corrected chi connectivity index (χ4v) is 2.89. The Morgan fingerprint density at radius 3 is 2.75 bits per heavy atom. The van der Waals surface area contributed by atoms with Crippen molar-refractivity contribution in [2.45, 2.75) is 6.42 Å². The van der Waals surface area contributed by atoms with Gasteiger partial charge < -0.3 is 10.1 Å². The van der Waals surface area contributed by atoms with Crippen LogP contribution in [0.15, 0.2) is 60.1 Å². The van der Waals surface area contributed by atoms with E-state index in [1.165, 1.54) is 11.3 Å². The van der Waals surface area contributed by atoms with Crippen LogP contribution in [0.4, 0.5) is 0 Å². The average Bonchev–Trinajstić information content (AvgIpc) is 3.09. The summed E-state index contributed by atoms with van der Waals surface area (Å²) in [6.45, 7) is 0.900. The molecule has 0 spiro atoms. The minimum atomic E-state index is -0.0652. The van der Waals surface area contributed by atoms with E-state index in [-0.39, 0.29) is 12.3 Å². The van der Waals surface area contributed by atoms with E-state index in [9.17, 15) is 4.79 Å². The third kappa shape index (κ3) is 4.63. The summed E-state index contributed by atoms with van der Waals surface area (Å²) in [4.78, 5) is 20.7. The topological polar surface area (TPSA) is 64.1 Å². The standard InChI is InChI=1S/C18H17N3O2S/c22-17(20-10-11-23-15-6-2-1-3-7-15)12-14-13-24-18(21-14)16-8-4-5-9-19-16/h1-9,13H,10-12H2,(H,20,22). The molecule has 6 heteroatoms. The van der Waals surface area contributed by atoms with E-state index in [1.54, 1.807) is 6.20 Å². The second-order valence-electron chi connectivity index (χ2n) is 5.05. The van der Waals surface area contributed by atoms with Crippen molar-refractivity contribution >= 4 is 17.2 Å². The van der Waals surface area contributed by atoms with Gasteiger partial charge in [0, 0.05) is 11.6 Å². The Kier molecular flexibility index (Phi) is 5.52. The highest BCUT2D eigenvalue weighted by Gasteiger charge is 2.09. The van der Waals surface area contributed by atoms with Crippen molar-refractivity contribution in [2.24, 2.45) is 0 Å². The van der Waals surface area contributed by atoms with Crippen molar-refractivity contribution < 1.29 is 9.53 Å². The van der Waals surface area contributed by atoms with Gasteiger partial charge in [0.2, 0.25) is 5.91 Å². The summed E-state index contributed by atoms with van der Waals surface area (Å²) < 4.78 is 5.53. The summed E-state index contributed by atoms with van der Waals surface area (Å²) in [5.41, 5.74) is 1.58. The highest BCUT2D eigenvalue weighted by molar-refractivity contribution is 7.13. The number of aromatic nitrogens is 2. The van der Waals surface area contributed by atoms with Gasteiger partial charge in [0.1, 0.15) is 17.4 Å². The minimum Gasteiger partial charge on any atom is -0.492 e. The summed E-state index contributed by atoms with van der Waals surface area (Å²) in [7, 11) is 0. The predicted octanol–water partition coefficient (Wildman–Crippen LogP) is 2.94. The highest BCUT2D eigenvalue weighted by Crippen LogP contribution is 2.21. The molecule has 1 aromatic carbocycles. The number of thiazole rings is 1. The molecule has 0 atom stereocenters. The molecular weight excluding hydrogens is 322 g/mol. The number of nitrogens with zero attached hydrogens (tertiary/aromatic N) is 2. The molecule has 122 valence electrons. The Hall–Kier alpha value is -2.73. The maximum Gasteiger partial charge on any atom is 0.226 e. The Labute approximate surface area is 144 Å². The van der Waals surface area contributed by atoms with Crippen LogP contribution in [0.5, 0.6) is 5.75 Å². The van der Waals surface area contributed by atoms with Gasteiger partial charge in [0.05, 0.1) is 24.4 Å². The van der Waals surface area contributed by atoms with Gasteiger partial charge >= 0.3 is 0 Å². The summed E-state index contributed by atoms with van der Waals surface area (Å²) in [5.74, 6) is 0.732. The predicted molar refractivity (Wildman–Crippen MR) is 94.0 cm³/mol. The summed E-state index contributed by atoms with van der Waals surface area (Å²) in [6.07, 6.45) is 1.99. The number of benzene rings is 1. The lowest BCUT2D eigenvalue weighted by Crippen LogP contribution is -2.29. The fraction of sp³-hybridized carbons (Fsp3) is 0.167. The Morgan fingerprint density at radius 1 is 1.12 bits per heavy atom.